The summed E-state index contributed by atoms with van der Waals surface area (Å²) in [5.41, 5.74) is 0. The molecule has 0 fully saturated rings. The first kappa shape index (κ1) is 9.36. The van der Waals surface area contributed by atoms with Gasteiger partial charge in [-0.2, -0.15) is 0 Å². The fourth-order valence-corrected chi connectivity index (χ4v) is 1.71. The van der Waals surface area contributed by atoms with Gasteiger partial charge in [0.25, 0.3) is 0 Å². The van der Waals surface area contributed by atoms with Crippen LogP contribution in [0.25, 0.3) is 0 Å². The minimum atomic E-state index is 0.132. The molecule has 1 aliphatic rings. The molecule has 0 saturated carbocycles. The molecule has 4 heteroatoms. The summed E-state index contributed by atoms with van der Waals surface area (Å²) in [6, 6.07) is 9.84. The van der Waals surface area contributed by atoms with Gasteiger partial charge in [0, 0.05) is 17.2 Å². The summed E-state index contributed by atoms with van der Waals surface area (Å²) in [5, 5.41) is 9.90. The first-order valence-corrected chi connectivity index (χ1v) is 5.08. The lowest BCUT2D eigenvalue weighted by Crippen LogP contribution is -1.98. The zero-order valence-electron chi connectivity index (χ0n) is 8.11. The van der Waals surface area contributed by atoms with E-state index in [2.05, 4.69) is 0 Å². The second-order valence-corrected chi connectivity index (χ2v) is 3.86. The zero-order valence-corrected chi connectivity index (χ0v) is 8.86. The molecule has 1 aliphatic heterocycles. The third-order valence-corrected chi connectivity index (χ3v) is 2.51. The molecule has 2 aromatic carbocycles. The van der Waals surface area contributed by atoms with Crippen molar-refractivity contribution in [1.29, 1.82) is 0 Å². The first-order valence-electron chi connectivity index (χ1n) is 4.71. The number of rotatable bonds is 0. The number of aromatic hydroxyl groups is 1. The number of fused-ring (bicyclic) bond motifs is 2. The molecule has 0 radical (unpaired) electrons. The molecule has 0 spiro atoms. The van der Waals surface area contributed by atoms with Gasteiger partial charge in [-0.15, -0.1) is 0 Å². The predicted octanol–water partition coefficient (Wildman–Crippen LogP) is 3.94. The van der Waals surface area contributed by atoms with E-state index in [1.54, 1.807) is 30.3 Å². The first-order chi connectivity index (χ1) is 7.72. The molecule has 0 amide bonds. The highest BCUT2D eigenvalue weighted by molar-refractivity contribution is 6.30. The normalized spacial score (nSPS) is 12.1. The number of hydrogen-bond donors (Lipinski definition) is 1. The summed E-state index contributed by atoms with van der Waals surface area (Å²) in [5.74, 6) is 2.35. The maximum atomic E-state index is 9.33. The number of halogens is 1. The molecule has 16 heavy (non-hydrogen) atoms. The van der Waals surface area contributed by atoms with Crippen molar-refractivity contribution in [2.45, 2.75) is 0 Å². The minimum Gasteiger partial charge on any atom is -0.508 e. The molecule has 0 saturated heterocycles. The molecule has 0 unspecified atom stereocenters. The smallest absolute Gasteiger partial charge is 0.173 e. The SMILES string of the molecule is Oc1ccc2c(c1)Oc1cc(Cl)ccc1O2. The summed E-state index contributed by atoms with van der Waals surface area (Å²) < 4.78 is 11.2. The Bertz CT molecular complexity index is 517. The number of benzene rings is 2. The Balaban J connectivity index is 2.10. The Labute approximate surface area is 96.8 Å². The van der Waals surface area contributed by atoms with Crippen molar-refractivity contribution in [3.63, 3.8) is 0 Å². The topological polar surface area (TPSA) is 38.7 Å². The quantitative estimate of drug-likeness (QED) is 0.640. The summed E-state index contributed by atoms with van der Waals surface area (Å²) in [6.45, 7) is 0. The molecule has 2 aromatic rings. The maximum Gasteiger partial charge on any atom is 0.173 e. The highest BCUT2D eigenvalue weighted by Gasteiger charge is 2.18. The van der Waals surface area contributed by atoms with Crippen molar-refractivity contribution in [3.05, 3.63) is 41.4 Å². The Morgan fingerprint density at radius 1 is 0.812 bits per heavy atom. The summed E-state index contributed by atoms with van der Waals surface area (Å²) >= 11 is 5.85. The van der Waals surface area contributed by atoms with E-state index < -0.39 is 0 Å². The van der Waals surface area contributed by atoms with Crippen LogP contribution in [0.1, 0.15) is 0 Å². The molecule has 80 valence electrons. The standard InChI is InChI=1S/C12H7ClO3/c13-7-1-3-9-11(5-7)16-12-6-8(14)2-4-10(12)15-9/h1-6,14H. The molecule has 3 nitrogen and oxygen atoms in total. The zero-order chi connectivity index (χ0) is 11.1. The van der Waals surface area contributed by atoms with Gasteiger partial charge in [-0.25, -0.2) is 0 Å². The van der Waals surface area contributed by atoms with Crippen LogP contribution in [0.3, 0.4) is 0 Å². The molecular weight excluding hydrogens is 228 g/mol. The van der Waals surface area contributed by atoms with Crippen LogP contribution in [0.5, 0.6) is 28.7 Å². The molecular formula is C12H7ClO3. The van der Waals surface area contributed by atoms with Gasteiger partial charge < -0.3 is 14.6 Å². The lowest BCUT2D eigenvalue weighted by atomic mass is 10.2. The van der Waals surface area contributed by atoms with E-state index in [-0.39, 0.29) is 5.75 Å². The van der Waals surface area contributed by atoms with Gasteiger partial charge in [0.05, 0.1) is 0 Å². The number of phenols is 1. The van der Waals surface area contributed by atoms with E-state index in [1.165, 1.54) is 6.07 Å². The number of ether oxygens (including phenoxy) is 2. The summed E-state index contributed by atoms with van der Waals surface area (Å²) in [7, 11) is 0. The van der Waals surface area contributed by atoms with Gasteiger partial charge in [0.2, 0.25) is 0 Å². The molecule has 0 atom stereocenters. The molecule has 0 aromatic heterocycles. The van der Waals surface area contributed by atoms with E-state index in [1.807, 2.05) is 0 Å². The van der Waals surface area contributed by atoms with Crippen LogP contribution >= 0.6 is 11.6 Å². The monoisotopic (exact) mass is 234 g/mol. The van der Waals surface area contributed by atoms with E-state index >= 15 is 0 Å². The van der Waals surface area contributed by atoms with Crippen molar-refractivity contribution in [1.82, 2.24) is 0 Å². The van der Waals surface area contributed by atoms with E-state index in [0.29, 0.717) is 28.0 Å². The Kier molecular flexibility index (Phi) is 1.94. The fraction of sp³-hybridized carbons (Fsp3) is 0. The van der Waals surface area contributed by atoms with Crippen LogP contribution in [0.15, 0.2) is 36.4 Å². The second-order valence-electron chi connectivity index (χ2n) is 3.43. The van der Waals surface area contributed by atoms with Crippen LogP contribution in [0, 0.1) is 0 Å². The average molecular weight is 235 g/mol. The van der Waals surface area contributed by atoms with Crippen molar-refractivity contribution in [3.8, 4) is 28.7 Å². The van der Waals surface area contributed by atoms with Crippen molar-refractivity contribution in [2.75, 3.05) is 0 Å². The van der Waals surface area contributed by atoms with Crippen molar-refractivity contribution >= 4 is 11.6 Å². The van der Waals surface area contributed by atoms with Crippen molar-refractivity contribution in [2.24, 2.45) is 0 Å². The third kappa shape index (κ3) is 1.46. The predicted molar refractivity (Wildman–Crippen MR) is 59.7 cm³/mol. The van der Waals surface area contributed by atoms with Gasteiger partial charge >= 0.3 is 0 Å². The maximum absolute atomic E-state index is 9.33. The minimum absolute atomic E-state index is 0.132. The van der Waals surface area contributed by atoms with Crippen LogP contribution < -0.4 is 9.47 Å². The van der Waals surface area contributed by atoms with Gasteiger partial charge in [-0.3, -0.25) is 0 Å². The van der Waals surface area contributed by atoms with Crippen molar-refractivity contribution < 1.29 is 14.6 Å². The Hall–Kier alpha value is -1.87. The van der Waals surface area contributed by atoms with Crippen LogP contribution in [-0.2, 0) is 0 Å². The molecule has 1 N–H and O–H groups in total. The summed E-state index contributed by atoms with van der Waals surface area (Å²) in [6.07, 6.45) is 0. The van der Waals surface area contributed by atoms with Gasteiger partial charge in [0.1, 0.15) is 5.75 Å². The lowest BCUT2D eigenvalue weighted by Gasteiger charge is -2.20. The van der Waals surface area contributed by atoms with E-state index in [4.69, 9.17) is 21.1 Å². The molecule has 0 bridgehead atoms. The highest BCUT2D eigenvalue weighted by Crippen LogP contribution is 2.46. The summed E-state index contributed by atoms with van der Waals surface area (Å²) in [4.78, 5) is 0. The van der Waals surface area contributed by atoms with Crippen LogP contribution in [-0.4, -0.2) is 5.11 Å². The van der Waals surface area contributed by atoms with E-state index in [9.17, 15) is 5.11 Å². The lowest BCUT2D eigenvalue weighted by molar-refractivity contribution is 0.356. The second kappa shape index (κ2) is 3.32. The Morgan fingerprint density at radius 3 is 2.25 bits per heavy atom. The third-order valence-electron chi connectivity index (χ3n) is 2.27. The highest BCUT2D eigenvalue weighted by atomic mass is 35.5. The number of phenolic OH excluding ortho intramolecular Hbond substituents is 1. The average Bonchev–Trinajstić information content (AvgIpc) is 2.26. The largest absolute Gasteiger partial charge is 0.508 e. The molecule has 1 heterocycles. The van der Waals surface area contributed by atoms with Gasteiger partial charge in [-0.05, 0) is 24.3 Å². The van der Waals surface area contributed by atoms with Crippen LogP contribution in [0.2, 0.25) is 5.02 Å². The molecule has 3 rings (SSSR count). The fourth-order valence-electron chi connectivity index (χ4n) is 1.54. The van der Waals surface area contributed by atoms with Gasteiger partial charge in [0.15, 0.2) is 23.0 Å². The number of hydrogen-bond acceptors (Lipinski definition) is 3. The van der Waals surface area contributed by atoms with Gasteiger partial charge in [-0.1, -0.05) is 11.6 Å². The molecule has 0 aliphatic carbocycles. The van der Waals surface area contributed by atoms with Crippen LogP contribution in [0.4, 0.5) is 0 Å². The van der Waals surface area contributed by atoms with E-state index in [0.717, 1.165) is 0 Å². The Morgan fingerprint density at radius 2 is 1.44 bits per heavy atom.